The Kier molecular flexibility index (Phi) is 37.0. The van der Waals surface area contributed by atoms with Crippen LogP contribution in [0.4, 0.5) is 29.1 Å². The number of aryl methyl sites for hydroxylation is 2. The van der Waals surface area contributed by atoms with Crippen LogP contribution in [0.25, 0.3) is 11.2 Å². The zero-order valence-corrected chi connectivity index (χ0v) is 73.1. The molecule has 0 saturated heterocycles. The number of aromatic nitrogens is 16. The van der Waals surface area contributed by atoms with Crippen LogP contribution in [-0.4, -0.2) is 325 Å². The molecule has 8 rings (SSSR count). The molecule has 0 spiro atoms. The highest BCUT2D eigenvalue weighted by molar-refractivity contribution is 5.91. The molecule has 8 aromatic heterocycles. The standard InChI is InChI=1S/C77H102N34O22/c1-6-17-98(60(119)37-105-18-7-50(78)92-72(105)128)31-54(113)84-12-23-100(61(120)38-106-19-8-51(79)93-73(106)129)32-55(114)85-13-24-101(62(121)39-107-20-9-52(80)94-74(107)130)33-56(115)86-14-25-102(63(122)40-108-21-10-53(81)95-75(108)131)34-57(116)87-15-26-103(65(124)42-110-29-48(5)71(127)97-77(110)133)35-58(117)88-16-27-104(66(125)43-111-45-91-67-68(82)89-44-90-69(67)111)36-59(118)83-11-22-99(30-49(112)46(2)3)64(123)41-109-28-47(4)70(126)96-76(109)132/h7-10,18-21,28-29,44-46H,6,11-17,22-27,30-43H2,1-5H3,(H,83,118)(H,84,113)(H,85,114)(H,86,115)(H,87,116)(H,88,117)(H2,78,92,128)(H2,79,93,129)(H2,80,94,130)(H2,81,95,131)(H2,82,89,90)(H,96,126,132)(H,97,127,133). The molecule has 18 N–H and O–H groups in total. The van der Waals surface area contributed by atoms with Gasteiger partial charge in [0, 0.05) is 139 Å². The first kappa shape index (κ1) is 102. The van der Waals surface area contributed by atoms with Gasteiger partial charge in [-0.25, -0.2) is 43.7 Å². The van der Waals surface area contributed by atoms with Gasteiger partial charge < -0.3 is 99.4 Å². The zero-order chi connectivity index (χ0) is 97.4. The van der Waals surface area contributed by atoms with E-state index >= 15 is 0 Å². The fraction of sp³-hybridized carbons (Fsp3) is 0.442. The van der Waals surface area contributed by atoms with Crippen LogP contribution in [0.3, 0.4) is 0 Å². The van der Waals surface area contributed by atoms with Gasteiger partial charge in [0.1, 0.15) is 80.9 Å². The lowest BCUT2D eigenvalue weighted by atomic mass is 10.1. The smallest absolute Gasteiger partial charge is 0.349 e. The number of nitrogens with zero attached hydrogens (tertiary/aromatic N) is 21. The summed E-state index contributed by atoms with van der Waals surface area (Å²) in [6.45, 7) is -6.76. The zero-order valence-electron chi connectivity index (χ0n) is 73.1. The van der Waals surface area contributed by atoms with Crippen molar-refractivity contribution in [1.29, 1.82) is 0 Å². The van der Waals surface area contributed by atoms with Gasteiger partial charge in [0.15, 0.2) is 17.2 Å². The number of ketones is 1. The van der Waals surface area contributed by atoms with E-state index < -0.39 is 272 Å². The lowest BCUT2D eigenvalue weighted by Gasteiger charge is -2.26. The van der Waals surface area contributed by atoms with Crippen LogP contribution in [-0.2, 0) is 113 Å². The van der Waals surface area contributed by atoms with Gasteiger partial charge in [0.05, 0.1) is 52.1 Å². The van der Waals surface area contributed by atoms with Crippen LogP contribution >= 0.6 is 0 Å². The number of imidazole rings is 1. The number of nitrogen functional groups attached to an aromatic ring is 5. The first-order valence-corrected chi connectivity index (χ1v) is 41.0. The van der Waals surface area contributed by atoms with Crippen molar-refractivity contribution in [3.8, 4) is 0 Å². The van der Waals surface area contributed by atoms with E-state index in [-0.39, 0.29) is 89.9 Å². The van der Waals surface area contributed by atoms with Crippen LogP contribution in [0.5, 0.6) is 0 Å². The lowest BCUT2D eigenvalue weighted by Crippen LogP contribution is -2.50. The first-order valence-electron chi connectivity index (χ1n) is 41.0. The SMILES string of the molecule is CCCN(CC(=O)NCCN(CC(=O)NCCN(CC(=O)NCCN(CC(=O)NCCN(CC(=O)NCCN(CC(=O)NCCN(CC(=O)C(C)C)C(=O)Cn1cc(C)c(=O)[nH]c1=O)C(=O)Cn1cnc2c(N)ncnc21)C(=O)Cn1cc(C)c(=O)[nH]c1=O)C(=O)Cn1ccc(N)nc1=O)C(=O)Cn1ccc(N)nc1=O)C(=O)Cn1ccc(N)nc1=O)C(=O)Cn1ccc(N)nc1=O. The van der Waals surface area contributed by atoms with Gasteiger partial charge in [-0.05, 0) is 44.5 Å². The van der Waals surface area contributed by atoms with Crippen molar-refractivity contribution in [2.45, 2.75) is 86.9 Å². The highest BCUT2D eigenvalue weighted by Gasteiger charge is 2.29. The fourth-order valence-electron chi connectivity index (χ4n) is 12.5. The molecule has 0 bridgehead atoms. The predicted octanol–water partition coefficient (Wildman–Crippen LogP) is -12.4. The molecule has 0 aromatic carbocycles. The monoisotopic (exact) mass is 1850 g/mol. The number of hydrogen-bond acceptors (Lipinski definition) is 34. The van der Waals surface area contributed by atoms with Gasteiger partial charge in [0.2, 0.25) is 76.8 Å². The average Bonchev–Trinajstić information content (AvgIpc) is 1.65. The van der Waals surface area contributed by atoms with Crippen LogP contribution in [0.1, 0.15) is 38.3 Å². The molecular formula is C77H102N34O22. The maximum Gasteiger partial charge on any atom is 0.349 e. The normalized spacial score (nSPS) is 11.0. The molecular weight excluding hydrogens is 1750 g/mol. The average molecular weight is 1860 g/mol. The van der Waals surface area contributed by atoms with E-state index in [1.807, 2.05) is 0 Å². The van der Waals surface area contributed by atoms with Crippen molar-refractivity contribution in [2.24, 2.45) is 5.92 Å². The molecule has 13 amide bonds. The fourth-order valence-corrected chi connectivity index (χ4v) is 12.5. The highest BCUT2D eigenvalue weighted by Crippen LogP contribution is 2.15. The van der Waals surface area contributed by atoms with Gasteiger partial charge in [-0.3, -0.25) is 114 Å². The number of Topliss-reactive ketones (excluding diaryl/α,β-unsaturated/α-hetero) is 1. The van der Waals surface area contributed by atoms with E-state index in [1.165, 1.54) is 72.5 Å². The summed E-state index contributed by atoms with van der Waals surface area (Å²) in [5.74, 6) is -12.5. The number of carbonyl (C=O) groups excluding carboxylic acids is 14. The van der Waals surface area contributed by atoms with E-state index in [1.54, 1.807) is 20.8 Å². The Hall–Kier alpha value is -16.8. The summed E-state index contributed by atoms with van der Waals surface area (Å²) in [6, 6.07) is 4.95. The molecule has 0 unspecified atom stereocenters. The molecule has 0 atom stereocenters. The predicted molar refractivity (Wildman–Crippen MR) is 468 cm³/mol. The summed E-state index contributed by atoms with van der Waals surface area (Å²) in [5.41, 5.74) is 22.0. The number of aromatic amines is 2. The molecule has 0 aliphatic carbocycles. The molecule has 133 heavy (non-hydrogen) atoms. The maximum atomic E-state index is 14.3. The highest BCUT2D eigenvalue weighted by atomic mass is 16.2. The number of fused-ring (bicyclic) bond motifs is 1. The number of anilines is 5. The summed E-state index contributed by atoms with van der Waals surface area (Å²) in [7, 11) is 0. The molecule has 0 aliphatic rings. The number of hydrogen-bond donors (Lipinski definition) is 13. The Morgan fingerprint density at radius 1 is 0.353 bits per heavy atom. The van der Waals surface area contributed by atoms with Crippen LogP contribution in [0.2, 0.25) is 0 Å². The molecule has 56 nitrogen and oxygen atoms in total. The third kappa shape index (κ3) is 31.3. The van der Waals surface area contributed by atoms with E-state index in [0.29, 0.717) is 6.42 Å². The van der Waals surface area contributed by atoms with Crippen molar-refractivity contribution < 1.29 is 67.1 Å². The Balaban J connectivity index is 0.931. The molecule has 8 heterocycles. The molecule has 0 aliphatic heterocycles. The summed E-state index contributed by atoms with van der Waals surface area (Å²) < 4.78 is 6.68. The van der Waals surface area contributed by atoms with Crippen LogP contribution in [0.15, 0.2) is 112 Å². The quantitative estimate of drug-likeness (QED) is 0.0168. The molecule has 0 saturated carbocycles. The summed E-state index contributed by atoms with van der Waals surface area (Å²) in [5, 5.41) is 15.3. The third-order valence-electron chi connectivity index (χ3n) is 19.7. The number of H-pyrrole nitrogens is 2. The minimum Gasteiger partial charge on any atom is -0.383 e. The Morgan fingerprint density at radius 3 is 0.872 bits per heavy atom. The van der Waals surface area contributed by atoms with Gasteiger partial charge in [-0.1, -0.05) is 20.8 Å². The number of carbonyl (C=O) groups is 14. The van der Waals surface area contributed by atoms with E-state index in [0.717, 1.165) is 81.7 Å². The Labute approximate surface area is 751 Å². The van der Waals surface area contributed by atoms with Gasteiger partial charge in [0.25, 0.3) is 11.1 Å². The van der Waals surface area contributed by atoms with Crippen molar-refractivity contribution >= 4 is 123 Å². The maximum absolute atomic E-state index is 14.3. The lowest BCUT2D eigenvalue weighted by molar-refractivity contribution is -0.138. The van der Waals surface area contributed by atoms with Crippen molar-refractivity contribution in [3.63, 3.8) is 0 Å². The van der Waals surface area contributed by atoms with Crippen LogP contribution < -0.4 is 106 Å². The summed E-state index contributed by atoms with van der Waals surface area (Å²) in [4.78, 5) is 333. The summed E-state index contributed by atoms with van der Waals surface area (Å²) >= 11 is 0. The molecule has 712 valence electrons. The first-order chi connectivity index (χ1) is 63.1. The Bertz CT molecular complexity index is 6180. The second-order valence-electron chi connectivity index (χ2n) is 30.2. The second kappa shape index (κ2) is 48.4. The molecule has 56 heteroatoms. The molecule has 8 aromatic rings. The second-order valence-corrected chi connectivity index (χ2v) is 30.2. The van der Waals surface area contributed by atoms with Crippen molar-refractivity contribution in [2.75, 3.05) is 160 Å². The van der Waals surface area contributed by atoms with Crippen LogP contribution in [0, 0.1) is 19.8 Å². The number of rotatable bonds is 49. The molecule has 0 fully saturated rings. The Morgan fingerprint density at radius 2 is 0.609 bits per heavy atom. The number of nitrogens with one attached hydrogen (secondary N) is 8. The van der Waals surface area contributed by atoms with Gasteiger partial charge in [-0.2, -0.15) is 19.9 Å². The van der Waals surface area contributed by atoms with Gasteiger partial charge in [-0.15, -0.1) is 0 Å². The third-order valence-corrected chi connectivity index (χ3v) is 19.7. The number of amides is 13. The van der Waals surface area contributed by atoms with Crippen molar-refractivity contribution in [3.05, 3.63) is 169 Å². The summed E-state index contributed by atoms with van der Waals surface area (Å²) in [6.07, 6.45) is 9.75. The molecule has 0 radical (unpaired) electrons. The minimum absolute atomic E-state index is 0.0103. The van der Waals surface area contributed by atoms with Gasteiger partial charge >= 0.3 is 34.1 Å². The topological polar surface area (TPSA) is 757 Å². The van der Waals surface area contributed by atoms with E-state index in [2.05, 4.69) is 76.8 Å². The van der Waals surface area contributed by atoms with E-state index in [9.17, 15) is 105 Å². The minimum atomic E-state index is -1.02. The largest absolute Gasteiger partial charge is 0.383 e. The van der Waals surface area contributed by atoms with Crippen molar-refractivity contribution in [1.82, 2.24) is 143 Å². The van der Waals surface area contributed by atoms with E-state index in [4.69, 9.17) is 28.7 Å². The number of nitrogens with two attached hydrogens (primary N) is 5.